The quantitative estimate of drug-likeness (QED) is 0.671. The van der Waals surface area contributed by atoms with Crippen LogP contribution in [-0.2, 0) is 0 Å². The molecular formula is C13H9N4O4+. The molecule has 0 atom stereocenters. The molecule has 0 radical (unpaired) electrons. The molecule has 1 aliphatic heterocycles. The topological polar surface area (TPSA) is 96.3 Å². The first-order valence-corrected chi connectivity index (χ1v) is 6.17. The Morgan fingerprint density at radius 1 is 1.38 bits per heavy atom. The second-order valence-corrected chi connectivity index (χ2v) is 4.51. The van der Waals surface area contributed by atoms with Gasteiger partial charge in [0.2, 0.25) is 0 Å². The minimum absolute atomic E-state index is 0.0596. The minimum atomic E-state index is -0.0596. The van der Waals surface area contributed by atoms with Gasteiger partial charge in [-0.25, -0.2) is 4.63 Å². The molecule has 21 heavy (non-hydrogen) atoms. The molecule has 1 aromatic carbocycles. The minimum Gasteiger partial charge on any atom is -0.506 e. The van der Waals surface area contributed by atoms with Crippen molar-refractivity contribution in [3.05, 3.63) is 41.1 Å². The molecule has 0 bridgehead atoms. The number of hydrogen-bond donors (Lipinski definition) is 1. The molecule has 0 spiro atoms. The Kier molecular flexibility index (Phi) is 2.31. The van der Waals surface area contributed by atoms with Crippen LogP contribution in [-0.4, -0.2) is 26.7 Å². The van der Waals surface area contributed by atoms with Crippen molar-refractivity contribution < 1.29 is 19.0 Å². The zero-order valence-corrected chi connectivity index (χ0v) is 10.6. The van der Waals surface area contributed by atoms with Gasteiger partial charge in [0.1, 0.15) is 24.1 Å². The lowest BCUT2D eigenvalue weighted by atomic mass is 10.1. The van der Waals surface area contributed by atoms with Gasteiger partial charge in [-0.05, 0) is 22.5 Å². The van der Waals surface area contributed by atoms with Gasteiger partial charge in [0.15, 0.2) is 21.5 Å². The number of hydrogen-bond acceptors (Lipinski definition) is 6. The summed E-state index contributed by atoms with van der Waals surface area (Å²) in [5.74, 6) is 0.427. The van der Waals surface area contributed by atoms with Crippen molar-refractivity contribution in [3.8, 4) is 17.2 Å². The van der Waals surface area contributed by atoms with E-state index in [9.17, 15) is 10.0 Å². The maximum Gasteiger partial charge on any atom is 0.261 e. The highest BCUT2D eigenvalue weighted by Crippen LogP contribution is 2.35. The second-order valence-electron chi connectivity index (χ2n) is 4.51. The van der Waals surface area contributed by atoms with Crippen LogP contribution in [0.4, 0.5) is 0 Å². The van der Waals surface area contributed by atoms with E-state index in [1.54, 1.807) is 6.07 Å². The molecule has 0 aliphatic carbocycles. The van der Waals surface area contributed by atoms with E-state index >= 15 is 0 Å². The fourth-order valence-corrected chi connectivity index (χ4v) is 2.31. The smallest absolute Gasteiger partial charge is 0.261 e. The van der Waals surface area contributed by atoms with Crippen LogP contribution >= 0.6 is 0 Å². The van der Waals surface area contributed by atoms with Gasteiger partial charge >= 0.3 is 0 Å². The fraction of sp³-hybridized carbons (Fsp3) is 0.0769. The van der Waals surface area contributed by atoms with Gasteiger partial charge in [-0.2, -0.15) is 0 Å². The largest absolute Gasteiger partial charge is 0.506 e. The van der Waals surface area contributed by atoms with E-state index < -0.39 is 0 Å². The lowest BCUT2D eigenvalue weighted by molar-refractivity contribution is -0.586. The fourth-order valence-electron chi connectivity index (χ4n) is 2.31. The average molecular weight is 285 g/mol. The standard InChI is InChI=1S/C13H8N4O4/c18-9-3-4-17(19)16(7-9)12-11-10(14-21-15-11)6-8-2-1-5-20-13(8)12/h1-4,6-7H,5H2/p+1. The summed E-state index contributed by atoms with van der Waals surface area (Å²) in [6, 6.07) is 3.05. The van der Waals surface area contributed by atoms with Crippen LogP contribution in [0.2, 0.25) is 0 Å². The number of ether oxygens (including phenoxy) is 1. The first kappa shape index (κ1) is 11.6. The number of fused-ring (bicyclic) bond motifs is 2. The lowest BCUT2D eigenvalue weighted by Crippen LogP contribution is -2.29. The predicted octanol–water partition coefficient (Wildman–Crippen LogP) is 1.04. The molecule has 4 rings (SSSR count). The Labute approximate surface area is 117 Å². The first-order chi connectivity index (χ1) is 10.2. The lowest BCUT2D eigenvalue weighted by Gasteiger charge is -2.14. The van der Waals surface area contributed by atoms with Crippen LogP contribution in [0.1, 0.15) is 5.56 Å². The third kappa shape index (κ3) is 1.69. The molecule has 0 saturated carbocycles. The molecule has 1 N–H and O–H groups in total. The summed E-state index contributed by atoms with van der Waals surface area (Å²) in [4.78, 5) is 12.0. The van der Waals surface area contributed by atoms with Crippen molar-refractivity contribution in [2.45, 2.75) is 0 Å². The molecule has 3 aromatic rings. The van der Waals surface area contributed by atoms with Gasteiger partial charge in [0.25, 0.3) is 6.20 Å². The number of rotatable bonds is 1. The highest BCUT2D eigenvalue weighted by molar-refractivity contribution is 5.90. The third-order valence-electron chi connectivity index (χ3n) is 3.20. The van der Waals surface area contributed by atoms with E-state index in [0.29, 0.717) is 33.6 Å². The second kappa shape index (κ2) is 4.17. The summed E-state index contributed by atoms with van der Waals surface area (Å²) < 4.78 is 12.1. The van der Waals surface area contributed by atoms with Crippen LogP contribution in [0.15, 0.2) is 35.2 Å². The summed E-state index contributed by atoms with van der Waals surface area (Å²) in [6.07, 6.45) is 6.18. The summed E-state index contributed by atoms with van der Waals surface area (Å²) in [5.41, 5.74) is 2.01. The van der Waals surface area contributed by atoms with Crippen LogP contribution in [0.3, 0.4) is 0 Å². The maximum atomic E-state index is 12.0. The Balaban J connectivity index is 2.16. The number of aromatic nitrogens is 4. The average Bonchev–Trinajstić information content (AvgIpc) is 2.95. The Hall–Kier alpha value is -3.16. The molecular weight excluding hydrogens is 276 g/mol. The van der Waals surface area contributed by atoms with Crippen LogP contribution in [0.5, 0.6) is 11.5 Å². The maximum absolute atomic E-state index is 12.0. The summed E-state index contributed by atoms with van der Waals surface area (Å²) in [6.45, 7) is 0.384. The van der Waals surface area contributed by atoms with Gasteiger partial charge in [0.05, 0.1) is 11.0 Å². The van der Waals surface area contributed by atoms with Crippen molar-refractivity contribution in [2.24, 2.45) is 0 Å². The van der Waals surface area contributed by atoms with E-state index in [1.165, 1.54) is 23.1 Å². The molecule has 0 saturated heterocycles. The van der Waals surface area contributed by atoms with Crippen molar-refractivity contribution >= 4 is 17.1 Å². The monoisotopic (exact) mass is 285 g/mol. The van der Waals surface area contributed by atoms with Crippen LogP contribution < -0.4 is 9.28 Å². The van der Waals surface area contributed by atoms with Crippen molar-refractivity contribution in [2.75, 3.05) is 6.61 Å². The van der Waals surface area contributed by atoms with E-state index in [2.05, 4.69) is 10.3 Å². The summed E-state index contributed by atoms with van der Waals surface area (Å²) in [5, 5.41) is 17.3. The van der Waals surface area contributed by atoms with Crippen molar-refractivity contribution in [1.29, 1.82) is 0 Å². The molecule has 8 heteroatoms. The zero-order valence-electron chi connectivity index (χ0n) is 10.6. The Bertz CT molecular complexity index is 941. The van der Waals surface area contributed by atoms with Crippen LogP contribution in [0, 0.1) is 4.91 Å². The van der Waals surface area contributed by atoms with Crippen molar-refractivity contribution in [1.82, 2.24) is 15.0 Å². The molecule has 0 fully saturated rings. The molecule has 0 unspecified atom stereocenters. The highest BCUT2D eigenvalue weighted by atomic mass is 16.6. The molecule has 0 amide bonds. The van der Waals surface area contributed by atoms with Gasteiger partial charge in [-0.3, -0.25) is 0 Å². The number of benzene rings is 1. The van der Waals surface area contributed by atoms with Crippen molar-refractivity contribution in [3.63, 3.8) is 0 Å². The summed E-state index contributed by atoms with van der Waals surface area (Å²) >= 11 is 0. The van der Waals surface area contributed by atoms with Gasteiger partial charge in [-0.1, -0.05) is 10.8 Å². The number of aromatic hydroxyl groups is 1. The highest BCUT2D eigenvalue weighted by Gasteiger charge is 2.25. The third-order valence-corrected chi connectivity index (χ3v) is 3.20. The van der Waals surface area contributed by atoms with Crippen LogP contribution in [0.25, 0.3) is 22.8 Å². The normalized spacial score (nSPS) is 13.1. The molecule has 2 aromatic heterocycles. The summed E-state index contributed by atoms with van der Waals surface area (Å²) in [7, 11) is 0. The zero-order chi connectivity index (χ0) is 14.4. The molecule has 3 heterocycles. The number of nitrogens with zero attached hydrogens (tertiary/aromatic N) is 4. The predicted molar refractivity (Wildman–Crippen MR) is 70.7 cm³/mol. The van der Waals surface area contributed by atoms with E-state index in [1.807, 2.05) is 12.2 Å². The van der Waals surface area contributed by atoms with E-state index in [-0.39, 0.29) is 5.75 Å². The molecule has 1 aliphatic rings. The first-order valence-electron chi connectivity index (χ1n) is 6.17. The Morgan fingerprint density at radius 2 is 2.29 bits per heavy atom. The van der Waals surface area contributed by atoms with Gasteiger partial charge in [-0.15, -0.1) is 0 Å². The van der Waals surface area contributed by atoms with E-state index in [4.69, 9.17) is 9.37 Å². The van der Waals surface area contributed by atoms with E-state index in [0.717, 1.165) is 5.56 Å². The van der Waals surface area contributed by atoms with Gasteiger partial charge < -0.3 is 9.84 Å². The molecule has 8 nitrogen and oxygen atoms in total. The molecule has 104 valence electrons. The SMILES string of the molecule is O=[n+]1ccc(O)cn1-c1c2c(cc3nonc13)C=CCO2. The Morgan fingerprint density at radius 3 is 3.19 bits per heavy atom. The van der Waals surface area contributed by atoms with Gasteiger partial charge in [0, 0.05) is 5.56 Å².